The molecule has 1 aliphatic rings. The van der Waals surface area contributed by atoms with Crippen molar-refractivity contribution in [1.82, 2.24) is 4.90 Å². The van der Waals surface area contributed by atoms with E-state index >= 15 is 0 Å². The van der Waals surface area contributed by atoms with Crippen LogP contribution in [-0.2, 0) is 14.3 Å². The molecule has 0 heterocycles. The zero-order valence-corrected chi connectivity index (χ0v) is 8.95. The predicted molar refractivity (Wildman–Crippen MR) is 51.5 cm³/mol. The third-order valence-electron chi connectivity index (χ3n) is 2.67. The van der Waals surface area contributed by atoms with Crippen molar-refractivity contribution in [2.45, 2.75) is 20.3 Å². The van der Waals surface area contributed by atoms with Crippen molar-refractivity contribution in [3.8, 4) is 0 Å². The fourth-order valence-electron chi connectivity index (χ4n) is 1.47. The number of carbonyl (C=O) groups is 2. The van der Waals surface area contributed by atoms with Crippen molar-refractivity contribution in [3.63, 3.8) is 0 Å². The Morgan fingerprint density at radius 2 is 2.07 bits per heavy atom. The summed E-state index contributed by atoms with van der Waals surface area (Å²) in [5.74, 6) is 0.354. The average Bonchev–Trinajstić information content (AvgIpc) is 2.90. The van der Waals surface area contributed by atoms with E-state index in [2.05, 4.69) is 11.7 Å². The highest BCUT2D eigenvalue weighted by molar-refractivity contribution is 5.85. The SMILES string of the molecule is CCN(CC(=O)OC)C(=O)C1CC1C. The summed E-state index contributed by atoms with van der Waals surface area (Å²) < 4.78 is 4.53. The summed E-state index contributed by atoms with van der Waals surface area (Å²) >= 11 is 0. The molecule has 80 valence electrons. The molecular formula is C10H17NO3. The van der Waals surface area contributed by atoms with Gasteiger partial charge in [0.05, 0.1) is 7.11 Å². The van der Waals surface area contributed by atoms with Crippen LogP contribution in [0.1, 0.15) is 20.3 Å². The van der Waals surface area contributed by atoms with E-state index in [1.807, 2.05) is 6.92 Å². The van der Waals surface area contributed by atoms with Crippen LogP contribution in [0.5, 0.6) is 0 Å². The Balaban J connectivity index is 2.45. The third-order valence-corrected chi connectivity index (χ3v) is 2.67. The molecule has 2 atom stereocenters. The molecule has 0 aromatic heterocycles. The Hall–Kier alpha value is -1.06. The largest absolute Gasteiger partial charge is 0.468 e. The fraction of sp³-hybridized carbons (Fsp3) is 0.800. The van der Waals surface area contributed by atoms with Crippen LogP contribution in [0.15, 0.2) is 0 Å². The molecule has 14 heavy (non-hydrogen) atoms. The molecule has 0 saturated heterocycles. The first kappa shape index (κ1) is 11.0. The van der Waals surface area contributed by atoms with Crippen LogP contribution in [0.3, 0.4) is 0 Å². The van der Waals surface area contributed by atoms with Crippen molar-refractivity contribution in [2.24, 2.45) is 11.8 Å². The molecule has 1 aliphatic carbocycles. The number of esters is 1. The summed E-state index contributed by atoms with van der Waals surface area (Å²) in [5, 5.41) is 0. The first-order valence-corrected chi connectivity index (χ1v) is 4.95. The molecular weight excluding hydrogens is 182 g/mol. The third kappa shape index (κ3) is 2.47. The van der Waals surface area contributed by atoms with Crippen LogP contribution >= 0.6 is 0 Å². The lowest BCUT2D eigenvalue weighted by atomic mass is 10.3. The van der Waals surface area contributed by atoms with E-state index in [0.717, 1.165) is 6.42 Å². The molecule has 2 unspecified atom stereocenters. The Kier molecular flexibility index (Phi) is 3.49. The second kappa shape index (κ2) is 4.44. The van der Waals surface area contributed by atoms with Crippen LogP contribution in [0.2, 0.25) is 0 Å². The quantitative estimate of drug-likeness (QED) is 0.625. The zero-order valence-electron chi connectivity index (χ0n) is 8.95. The van der Waals surface area contributed by atoms with Crippen molar-refractivity contribution in [3.05, 3.63) is 0 Å². The highest BCUT2D eigenvalue weighted by Crippen LogP contribution is 2.39. The Labute approximate surface area is 84.2 Å². The molecule has 0 N–H and O–H groups in total. The standard InChI is InChI=1S/C10H17NO3/c1-4-11(6-9(12)14-3)10(13)8-5-7(8)2/h7-8H,4-6H2,1-3H3. The second-order valence-corrected chi connectivity index (χ2v) is 3.75. The van der Waals surface area contributed by atoms with Crippen molar-refractivity contribution < 1.29 is 14.3 Å². The monoisotopic (exact) mass is 199 g/mol. The van der Waals surface area contributed by atoms with Gasteiger partial charge in [-0.1, -0.05) is 6.92 Å². The van der Waals surface area contributed by atoms with E-state index in [1.165, 1.54) is 7.11 Å². The number of nitrogens with zero attached hydrogens (tertiary/aromatic N) is 1. The lowest BCUT2D eigenvalue weighted by molar-refractivity contribution is -0.147. The van der Waals surface area contributed by atoms with Gasteiger partial charge in [-0.05, 0) is 19.3 Å². The van der Waals surface area contributed by atoms with Gasteiger partial charge in [0.2, 0.25) is 5.91 Å². The number of hydrogen-bond donors (Lipinski definition) is 0. The molecule has 4 heteroatoms. The number of carbonyl (C=O) groups excluding carboxylic acids is 2. The number of hydrogen-bond acceptors (Lipinski definition) is 3. The molecule has 0 bridgehead atoms. The van der Waals surface area contributed by atoms with Crippen molar-refractivity contribution in [2.75, 3.05) is 20.2 Å². The van der Waals surface area contributed by atoms with Gasteiger partial charge in [-0.25, -0.2) is 0 Å². The molecule has 4 nitrogen and oxygen atoms in total. The molecule has 0 spiro atoms. The van der Waals surface area contributed by atoms with E-state index in [0.29, 0.717) is 12.5 Å². The number of rotatable bonds is 4. The van der Waals surface area contributed by atoms with E-state index in [9.17, 15) is 9.59 Å². The zero-order chi connectivity index (χ0) is 10.7. The normalized spacial score (nSPS) is 24.2. The van der Waals surface area contributed by atoms with Gasteiger partial charge in [0.15, 0.2) is 0 Å². The molecule has 0 aliphatic heterocycles. The van der Waals surface area contributed by atoms with Gasteiger partial charge in [-0.3, -0.25) is 9.59 Å². The minimum absolute atomic E-state index is 0.0784. The minimum Gasteiger partial charge on any atom is -0.468 e. The maximum absolute atomic E-state index is 11.7. The average molecular weight is 199 g/mol. The van der Waals surface area contributed by atoms with Crippen molar-refractivity contribution >= 4 is 11.9 Å². The lowest BCUT2D eigenvalue weighted by Gasteiger charge is -2.19. The second-order valence-electron chi connectivity index (χ2n) is 3.75. The molecule has 1 saturated carbocycles. The molecule has 1 amide bonds. The number of ether oxygens (including phenoxy) is 1. The molecule has 0 aromatic carbocycles. The van der Waals surface area contributed by atoms with Crippen LogP contribution in [-0.4, -0.2) is 37.0 Å². The topological polar surface area (TPSA) is 46.6 Å². The van der Waals surface area contributed by atoms with E-state index < -0.39 is 0 Å². The van der Waals surface area contributed by atoms with E-state index in [4.69, 9.17) is 0 Å². The van der Waals surface area contributed by atoms with Gasteiger partial charge < -0.3 is 9.64 Å². The summed E-state index contributed by atoms with van der Waals surface area (Å²) in [6.07, 6.45) is 0.955. The Morgan fingerprint density at radius 3 is 2.43 bits per heavy atom. The van der Waals surface area contributed by atoms with Crippen LogP contribution in [0.4, 0.5) is 0 Å². The maximum Gasteiger partial charge on any atom is 0.325 e. The number of amides is 1. The van der Waals surface area contributed by atoms with E-state index in [-0.39, 0.29) is 24.3 Å². The van der Waals surface area contributed by atoms with Gasteiger partial charge in [0.25, 0.3) is 0 Å². The first-order chi connectivity index (χ1) is 6.60. The highest BCUT2D eigenvalue weighted by Gasteiger charge is 2.41. The summed E-state index contributed by atoms with van der Waals surface area (Å²) in [7, 11) is 1.33. The number of methoxy groups -OCH3 is 1. The van der Waals surface area contributed by atoms with Crippen LogP contribution < -0.4 is 0 Å². The van der Waals surface area contributed by atoms with Gasteiger partial charge in [-0.15, -0.1) is 0 Å². The van der Waals surface area contributed by atoms with Crippen molar-refractivity contribution in [1.29, 1.82) is 0 Å². The lowest BCUT2D eigenvalue weighted by Crippen LogP contribution is -2.37. The molecule has 0 radical (unpaired) electrons. The highest BCUT2D eigenvalue weighted by atomic mass is 16.5. The molecule has 1 fully saturated rings. The van der Waals surface area contributed by atoms with Crippen LogP contribution in [0.25, 0.3) is 0 Å². The smallest absolute Gasteiger partial charge is 0.325 e. The van der Waals surface area contributed by atoms with Gasteiger partial charge >= 0.3 is 5.97 Å². The molecule has 0 aromatic rings. The molecule has 1 rings (SSSR count). The maximum atomic E-state index is 11.7. The summed E-state index contributed by atoms with van der Waals surface area (Å²) in [6.45, 7) is 4.56. The summed E-state index contributed by atoms with van der Waals surface area (Å²) in [5.41, 5.74) is 0. The fourth-order valence-corrected chi connectivity index (χ4v) is 1.47. The van der Waals surface area contributed by atoms with E-state index in [1.54, 1.807) is 4.90 Å². The first-order valence-electron chi connectivity index (χ1n) is 4.95. The Morgan fingerprint density at radius 1 is 1.50 bits per heavy atom. The number of likely N-dealkylation sites (N-methyl/N-ethyl adjacent to an activating group) is 1. The minimum atomic E-state index is -0.353. The van der Waals surface area contributed by atoms with Crippen LogP contribution in [0, 0.1) is 11.8 Å². The Bertz CT molecular complexity index is 240. The summed E-state index contributed by atoms with van der Waals surface area (Å²) in [6, 6.07) is 0. The van der Waals surface area contributed by atoms with Gasteiger partial charge in [-0.2, -0.15) is 0 Å². The summed E-state index contributed by atoms with van der Waals surface area (Å²) in [4.78, 5) is 24.3. The van der Waals surface area contributed by atoms with Gasteiger partial charge in [0.1, 0.15) is 6.54 Å². The van der Waals surface area contributed by atoms with Gasteiger partial charge in [0, 0.05) is 12.5 Å². The predicted octanol–water partition coefficient (Wildman–Crippen LogP) is 0.664.